The van der Waals surface area contributed by atoms with E-state index in [9.17, 15) is 0 Å². The first kappa shape index (κ1) is 28.1. The molecule has 6 heteroatoms. The van der Waals surface area contributed by atoms with E-state index in [0.29, 0.717) is 17.2 Å². The highest BCUT2D eigenvalue weighted by molar-refractivity contribution is 6.17. The minimum absolute atomic E-state index is 0.579. The van der Waals surface area contributed by atoms with Crippen LogP contribution in [0.3, 0.4) is 0 Å². The summed E-state index contributed by atoms with van der Waals surface area (Å²) in [5.41, 5.74) is 10.8. The van der Waals surface area contributed by atoms with Crippen LogP contribution < -0.4 is 0 Å². The predicted octanol–water partition coefficient (Wildman–Crippen LogP) is 11.4. The Hall–Kier alpha value is -6.92. The lowest BCUT2D eigenvalue weighted by Crippen LogP contribution is -1.97. The van der Waals surface area contributed by atoms with E-state index < -0.39 is 0 Å². The Labute approximate surface area is 286 Å². The van der Waals surface area contributed by atoms with Gasteiger partial charge in [-0.1, -0.05) is 127 Å². The zero-order chi connectivity index (χ0) is 33.0. The molecule has 0 aliphatic heterocycles. The van der Waals surface area contributed by atoms with Crippen LogP contribution in [0.15, 0.2) is 167 Å². The molecule has 0 radical (unpaired) electrons. The molecule has 10 rings (SSSR count). The first-order chi connectivity index (χ1) is 24.8. The van der Waals surface area contributed by atoms with Crippen LogP contribution >= 0.6 is 0 Å². The van der Waals surface area contributed by atoms with Crippen molar-refractivity contribution in [2.75, 3.05) is 0 Å². The molecule has 0 bridgehead atoms. The van der Waals surface area contributed by atoms with Crippen LogP contribution in [-0.4, -0.2) is 19.9 Å². The third-order valence-electron chi connectivity index (χ3n) is 9.14. The quantitative estimate of drug-likeness (QED) is 0.186. The van der Waals surface area contributed by atoms with Gasteiger partial charge in [0.15, 0.2) is 17.2 Å². The summed E-state index contributed by atoms with van der Waals surface area (Å²) in [5, 5.41) is 2.75. The molecule has 0 aliphatic rings. The number of nitrogens with zero attached hydrogens (tertiary/aromatic N) is 4. The average Bonchev–Trinajstić information content (AvgIpc) is 3.77. The van der Waals surface area contributed by atoms with Crippen molar-refractivity contribution in [2.45, 2.75) is 0 Å². The van der Waals surface area contributed by atoms with E-state index in [1.165, 1.54) is 0 Å². The molecule has 0 aliphatic carbocycles. The average molecular weight is 643 g/mol. The summed E-state index contributed by atoms with van der Waals surface area (Å²) in [5.74, 6) is 1.19. The third-order valence-corrected chi connectivity index (χ3v) is 9.14. The molecule has 0 spiro atoms. The number of benzene rings is 6. The van der Waals surface area contributed by atoms with E-state index in [0.717, 1.165) is 83.3 Å². The lowest BCUT2D eigenvalue weighted by molar-refractivity contribution is 0.667. The number of hydrogen-bond acceptors (Lipinski definition) is 6. The van der Waals surface area contributed by atoms with Gasteiger partial charge in [0.25, 0.3) is 0 Å². The fraction of sp³-hybridized carbons (Fsp3) is 0. The second-order valence-electron chi connectivity index (χ2n) is 12.2. The first-order valence-electron chi connectivity index (χ1n) is 16.5. The Morgan fingerprint density at radius 2 is 0.880 bits per heavy atom. The van der Waals surface area contributed by atoms with Crippen LogP contribution in [0.5, 0.6) is 0 Å². The number of rotatable bonds is 5. The molecule has 4 aromatic heterocycles. The maximum atomic E-state index is 6.53. The van der Waals surface area contributed by atoms with E-state index in [2.05, 4.69) is 42.5 Å². The van der Waals surface area contributed by atoms with Crippen molar-refractivity contribution in [3.63, 3.8) is 0 Å². The normalized spacial score (nSPS) is 11.6. The molecule has 0 unspecified atom stereocenters. The molecule has 0 amide bonds. The van der Waals surface area contributed by atoms with Crippen LogP contribution in [0, 0.1) is 0 Å². The van der Waals surface area contributed by atoms with E-state index in [-0.39, 0.29) is 0 Å². The molecule has 6 nitrogen and oxygen atoms in total. The molecule has 0 saturated carbocycles. The highest BCUT2D eigenvalue weighted by Crippen LogP contribution is 2.42. The Balaban J connectivity index is 1.26. The Morgan fingerprint density at radius 1 is 0.380 bits per heavy atom. The minimum atomic E-state index is 0.579. The Morgan fingerprint density at radius 3 is 1.48 bits per heavy atom. The maximum absolute atomic E-state index is 6.53. The second kappa shape index (κ2) is 11.4. The lowest BCUT2D eigenvalue weighted by Gasteiger charge is -2.11. The largest absolute Gasteiger partial charge is 0.456 e. The monoisotopic (exact) mass is 642 g/mol. The molecule has 6 aromatic carbocycles. The Bertz CT molecular complexity index is 2800. The van der Waals surface area contributed by atoms with Crippen molar-refractivity contribution in [3.8, 4) is 56.5 Å². The van der Waals surface area contributed by atoms with Gasteiger partial charge in [-0.3, -0.25) is 0 Å². The Kier molecular flexibility index (Phi) is 6.39. The summed E-state index contributed by atoms with van der Waals surface area (Å²) in [4.78, 5) is 20.7. The van der Waals surface area contributed by atoms with Crippen LogP contribution in [0.1, 0.15) is 0 Å². The number of hydrogen-bond donors (Lipinski definition) is 0. The SMILES string of the molecule is c1ccc(-c2cc(-c3ccccc3)nc(-c3cccc4oc5cccc(-c6nc(-c7ccccc7)c7oc8ccccc8c7n6)c5c34)n2)cc1. The van der Waals surface area contributed by atoms with Crippen LogP contribution in [-0.2, 0) is 0 Å². The summed E-state index contributed by atoms with van der Waals surface area (Å²) < 4.78 is 12.9. The van der Waals surface area contributed by atoms with E-state index >= 15 is 0 Å². The highest BCUT2D eigenvalue weighted by atomic mass is 16.3. The molecule has 50 heavy (non-hydrogen) atoms. The van der Waals surface area contributed by atoms with Crippen LogP contribution in [0.4, 0.5) is 0 Å². The topological polar surface area (TPSA) is 77.8 Å². The van der Waals surface area contributed by atoms with Gasteiger partial charge < -0.3 is 8.83 Å². The van der Waals surface area contributed by atoms with Gasteiger partial charge >= 0.3 is 0 Å². The van der Waals surface area contributed by atoms with Crippen LogP contribution in [0.2, 0.25) is 0 Å². The van der Waals surface area contributed by atoms with E-state index in [4.69, 9.17) is 28.8 Å². The van der Waals surface area contributed by atoms with E-state index in [1.807, 2.05) is 115 Å². The number of furan rings is 2. The fourth-order valence-corrected chi connectivity index (χ4v) is 6.82. The fourth-order valence-electron chi connectivity index (χ4n) is 6.82. The molecule has 234 valence electrons. The van der Waals surface area contributed by atoms with E-state index in [1.54, 1.807) is 0 Å². The summed E-state index contributed by atoms with van der Waals surface area (Å²) in [6.45, 7) is 0. The predicted molar refractivity (Wildman–Crippen MR) is 199 cm³/mol. The van der Waals surface area contributed by atoms with Gasteiger partial charge in [-0.05, 0) is 30.3 Å². The van der Waals surface area contributed by atoms with Crippen molar-refractivity contribution in [3.05, 3.63) is 158 Å². The van der Waals surface area contributed by atoms with Crippen molar-refractivity contribution in [1.82, 2.24) is 19.9 Å². The minimum Gasteiger partial charge on any atom is -0.456 e. The van der Waals surface area contributed by atoms with Crippen molar-refractivity contribution in [2.24, 2.45) is 0 Å². The molecule has 0 atom stereocenters. The van der Waals surface area contributed by atoms with Gasteiger partial charge in [0.05, 0.1) is 11.4 Å². The molecule has 10 aromatic rings. The first-order valence-corrected chi connectivity index (χ1v) is 16.5. The summed E-state index contributed by atoms with van der Waals surface area (Å²) in [6.07, 6.45) is 0. The summed E-state index contributed by atoms with van der Waals surface area (Å²) in [7, 11) is 0. The summed E-state index contributed by atoms with van der Waals surface area (Å²) in [6, 6.07) is 52.7. The van der Waals surface area contributed by atoms with Crippen molar-refractivity contribution >= 4 is 44.0 Å². The highest BCUT2D eigenvalue weighted by Gasteiger charge is 2.23. The molecule has 0 fully saturated rings. The third kappa shape index (κ3) is 4.58. The number of aromatic nitrogens is 4. The molecular weight excluding hydrogens is 617 g/mol. The second-order valence-corrected chi connectivity index (χ2v) is 12.2. The molecule has 0 saturated heterocycles. The van der Waals surface area contributed by atoms with Gasteiger partial charge in [-0.15, -0.1) is 0 Å². The van der Waals surface area contributed by atoms with Gasteiger partial charge in [-0.25, -0.2) is 19.9 Å². The molecule has 4 heterocycles. The maximum Gasteiger partial charge on any atom is 0.180 e. The zero-order valence-corrected chi connectivity index (χ0v) is 26.6. The van der Waals surface area contributed by atoms with Gasteiger partial charge in [0, 0.05) is 44.0 Å². The van der Waals surface area contributed by atoms with Gasteiger partial charge in [-0.2, -0.15) is 0 Å². The molecule has 0 N–H and O–H groups in total. The number of fused-ring (bicyclic) bond motifs is 6. The van der Waals surface area contributed by atoms with Crippen molar-refractivity contribution in [1.29, 1.82) is 0 Å². The molecular formula is C44H26N4O2. The van der Waals surface area contributed by atoms with Crippen molar-refractivity contribution < 1.29 is 8.83 Å². The van der Waals surface area contributed by atoms with Crippen LogP contribution in [0.25, 0.3) is 101 Å². The van der Waals surface area contributed by atoms with Gasteiger partial charge in [0.2, 0.25) is 0 Å². The standard InChI is InChI=1S/C44H26N4O2/c1-4-14-27(15-5-1)33-26-34(28-16-6-2-7-17-28)46-43(45-33)31-21-12-24-36-38(31)39-32(22-13-25-37(39)49-36)44-47-40(29-18-8-3-9-19-29)42-41(48-44)30-20-10-11-23-35(30)50-42/h1-26H. The van der Waals surface area contributed by atoms with Gasteiger partial charge in [0.1, 0.15) is 28.0 Å². The zero-order valence-electron chi connectivity index (χ0n) is 26.6. The lowest BCUT2D eigenvalue weighted by atomic mass is 10.00. The number of para-hydroxylation sites is 1. The summed E-state index contributed by atoms with van der Waals surface area (Å²) >= 11 is 0. The smallest absolute Gasteiger partial charge is 0.180 e.